The molecule has 0 amide bonds. The Bertz CT molecular complexity index is 273. The van der Waals surface area contributed by atoms with E-state index >= 15 is 0 Å². The Morgan fingerprint density at radius 2 is 2.08 bits per heavy atom. The Balaban J connectivity index is 3.18. The Labute approximate surface area is 77.4 Å². The average molecular weight is 186 g/mol. The third kappa shape index (κ3) is 1.67. The van der Waals surface area contributed by atoms with Crippen LogP contribution in [0, 0.1) is 0 Å². The second kappa shape index (κ2) is 3.72. The molecular formula is C8H12ClN3. The fourth-order valence-electron chi connectivity index (χ4n) is 1.07. The first-order valence-electron chi connectivity index (χ1n) is 3.83. The van der Waals surface area contributed by atoms with Crippen LogP contribution in [0.2, 0.25) is 5.15 Å². The molecule has 66 valence electrons. The second-order valence-electron chi connectivity index (χ2n) is 2.71. The largest absolute Gasteiger partial charge is 0.362 e. The molecule has 0 bridgehead atoms. The van der Waals surface area contributed by atoms with Gasteiger partial charge in [0.1, 0.15) is 17.3 Å². The molecule has 4 heteroatoms. The third-order valence-corrected chi connectivity index (χ3v) is 1.97. The van der Waals surface area contributed by atoms with Crippen LogP contribution in [0.15, 0.2) is 6.33 Å². The molecule has 1 rings (SSSR count). The van der Waals surface area contributed by atoms with Crippen LogP contribution in [0.1, 0.15) is 12.5 Å². The summed E-state index contributed by atoms with van der Waals surface area (Å²) in [4.78, 5) is 10.00. The maximum Gasteiger partial charge on any atom is 0.137 e. The van der Waals surface area contributed by atoms with Crippen LogP contribution in [-0.2, 0) is 6.42 Å². The van der Waals surface area contributed by atoms with Gasteiger partial charge in [0.25, 0.3) is 0 Å². The van der Waals surface area contributed by atoms with Gasteiger partial charge < -0.3 is 4.90 Å². The number of aromatic nitrogens is 2. The molecular weight excluding hydrogens is 174 g/mol. The van der Waals surface area contributed by atoms with Crippen molar-refractivity contribution >= 4 is 17.4 Å². The van der Waals surface area contributed by atoms with Gasteiger partial charge in [-0.3, -0.25) is 0 Å². The van der Waals surface area contributed by atoms with E-state index in [-0.39, 0.29) is 0 Å². The molecule has 0 N–H and O–H groups in total. The van der Waals surface area contributed by atoms with E-state index in [0.29, 0.717) is 5.15 Å². The Morgan fingerprint density at radius 1 is 1.42 bits per heavy atom. The maximum atomic E-state index is 5.90. The van der Waals surface area contributed by atoms with Gasteiger partial charge in [0, 0.05) is 19.7 Å². The van der Waals surface area contributed by atoms with Gasteiger partial charge in [-0.2, -0.15) is 0 Å². The molecule has 0 saturated heterocycles. The molecule has 1 aromatic rings. The SMILES string of the molecule is CCc1c(Cl)ncnc1N(C)C. The lowest BCUT2D eigenvalue weighted by Gasteiger charge is -2.14. The molecule has 0 saturated carbocycles. The van der Waals surface area contributed by atoms with Gasteiger partial charge in [0.15, 0.2) is 0 Å². The van der Waals surface area contributed by atoms with Crippen LogP contribution in [-0.4, -0.2) is 24.1 Å². The fourth-order valence-corrected chi connectivity index (χ4v) is 1.33. The predicted molar refractivity (Wildman–Crippen MR) is 50.7 cm³/mol. The van der Waals surface area contributed by atoms with Crippen LogP contribution in [0.3, 0.4) is 0 Å². The maximum absolute atomic E-state index is 5.90. The van der Waals surface area contributed by atoms with Crippen molar-refractivity contribution in [3.63, 3.8) is 0 Å². The van der Waals surface area contributed by atoms with E-state index < -0.39 is 0 Å². The van der Waals surface area contributed by atoms with Gasteiger partial charge >= 0.3 is 0 Å². The highest BCUT2D eigenvalue weighted by Crippen LogP contribution is 2.21. The quantitative estimate of drug-likeness (QED) is 0.658. The van der Waals surface area contributed by atoms with E-state index in [0.717, 1.165) is 17.8 Å². The normalized spacial score (nSPS) is 10.0. The highest BCUT2D eigenvalue weighted by molar-refractivity contribution is 6.30. The molecule has 1 heterocycles. The molecule has 0 atom stereocenters. The van der Waals surface area contributed by atoms with Crippen LogP contribution in [0.5, 0.6) is 0 Å². The van der Waals surface area contributed by atoms with Crippen molar-refractivity contribution in [3.8, 4) is 0 Å². The monoisotopic (exact) mass is 185 g/mol. The Kier molecular flexibility index (Phi) is 2.87. The molecule has 0 aromatic carbocycles. The third-order valence-electron chi connectivity index (χ3n) is 1.65. The van der Waals surface area contributed by atoms with Crippen LogP contribution in [0.25, 0.3) is 0 Å². The molecule has 0 fully saturated rings. The van der Waals surface area contributed by atoms with Crippen molar-refractivity contribution in [2.24, 2.45) is 0 Å². The van der Waals surface area contributed by atoms with Crippen molar-refractivity contribution in [2.75, 3.05) is 19.0 Å². The highest BCUT2D eigenvalue weighted by atomic mass is 35.5. The molecule has 0 spiro atoms. The minimum atomic E-state index is 0.552. The van der Waals surface area contributed by atoms with Crippen molar-refractivity contribution in [1.29, 1.82) is 0 Å². The number of hydrogen-bond acceptors (Lipinski definition) is 3. The molecule has 0 aliphatic heterocycles. The van der Waals surface area contributed by atoms with E-state index in [1.54, 1.807) is 0 Å². The summed E-state index contributed by atoms with van der Waals surface area (Å²) >= 11 is 5.90. The number of nitrogens with zero attached hydrogens (tertiary/aromatic N) is 3. The van der Waals surface area contributed by atoms with E-state index in [9.17, 15) is 0 Å². The summed E-state index contributed by atoms with van der Waals surface area (Å²) in [6.07, 6.45) is 2.34. The molecule has 12 heavy (non-hydrogen) atoms. The van der Waals surface area contributed by atoms with E-state index in [1.807, 2.05) is 25.9 Å². The molecule has 1 aromatic heterocycles. The van der Waals surface area contributed by atoms with E-state index in [1.165, 1.54) is 6.33 Å². The zero-order chi connectivity index (χ0) is 9.14. The lowest BCUT2D eigenvalue weighted by Crippen LogP contribution is -2.13. The molecule has 0 aliphatic rings. The van der Waals surface area contributed by atoms with Crippen molar-refractivity contribution in [3.05, 3.63) is 17.0 Å². The topological polar surface area (TPSA) is 29.0 Å². The Hall–Kier alpha value is -0.830. The number of rotatable bonds is 2. The van der Waals surface area contributed by atoms with Crippen LogP contribution < -0.4 is 4.90 Å². The second-order valence-corrected chi connectivity index (χ2v) is 3.07. The zero-order valence-corrected chi connectivity index (χ0v) is 8.26. The average Bonchev–Trinajstić information content (AvgIpc) is 2.03. The van der Waals surface area contributed by atoms with Gasteiger partial charge in [0.05, 0.1) is 0 Å². The van der Waals surface area contributed by atoms with E-state index in [2.05, 4.69) is 9.97 Å². The van der Waals surface area contributed by atoms with Gasteiger partial charge in [-0.1, -0.05) is 18.5 Å². The fraction of sp³-hybridized carbons (Fsp3) is 0.500. The van der Waals surface area contributed by atoms with E-state index in [4.69, 9.17) is 11.6 Å². The molecule has 0 aliphatic carbocycles. The van der Waals surface area contributed by atoms with Gasteiger partial charge in [0.2, 0.25) is 0 Å². The summed E-state index contributed by atoms with van der Waals surface area (Å²) in [5.74, 6) is 0.900. The van der Waals surface area contributed by atoms with Crippen LogP contribution in [0.4, 0.5) is 5.82 Å². The molecule has 0 unspecified atom stereocenters. The van der Waals surface area contributed by atoms with Gasteiger partial charge in [-0.05, 0) is 6.42 Å². The summed E-state index contributed by atoms with van der Waals surface area (Å²) in [6, 6.07) is 0. The summed E-state index contributed by atoms with van der Waals surface area (Å²) in [6.45, 7) is 2.04. The standard InChI is InChI=1S/C8H12ClN3/c1-4-6-7(9)10-5-11-8(6)12(2)3/h5H,4H2,1-3H3. The summed E-state index contributed by atoms with van der Waals surface area (Å²) in [5.41, 5.74) is 1.00. The van der Waals surface area contributed by atoms with Crippen LogP contribution >= 0.6 is 11.6 Å². The Morgan fingerprint density at radius 3 is 2.50 bits per heavy atom. The minimum Gasteiger partial charge on any atom is -0.362 e. The lowest BCUT2D eigenvalue weighted by molar-refractivity contribution is 0.975. The van der Waals surface area contributed by atoms with Gasteiger partial charge in [-0.25, -0.2) is 9.97 Å². The van der Waals surface area contributed by atoms with Crippen molar-refractivity contribution in [1.82, 2.24) is 9.97 Å². The molecule has 0 radical (unpaired) electrons. The summed E-state index contributed by atoms with van der Waals surface area (Å²) < 4.78 is 0. The van der Waals surface area contributed by atoms with Crippen molar-refractivity contribution in [2.45, 2.75) is 13.3 Å². The smallest absolute Gasteiger partial charge is 0.137 e. The summed E-state index contributed by atoms with van der Waals surface area (Å²) in [5, 5.41) is 0.552. The number of halogens is 1. The lowest BCUT2D eigenvalue weighted by atomic mass is 10.2. The predicted octanol–water partition coefficient (Wildman–Crippen LogP) is 1.76. The first-order valence-corrected chi connectivity index (χ1v) is 4.21. The number of anilines is 1. The zero-order valence-electron chi connectivity index (χ0n) is 7.50. The first kappa shape index (κ1) is 9.26. The minimum absolute atomic E-state index is 0.552. The summed E-state index contributed by atoms with van der Waals surface area (Å²) in [7, 11) is 3.88. The molecule has 3 nitrogen and oxygen atoms in total. The van der Waals surface area contributed by atoms with Gasteiger partial charge in [-0.15, -0.1) is 0 Å². The number of hydrogen-bond donors (Lipinski definition) is 0. The van der Waals surface area contributed by atoms with Crippen molar-refractivity contribution < 1.29 is 0 Å². The first-order chi connectivity index (χ1) is 5.66. The highest BCUT2D eigenvalue weighted by Gasteiger charge is 2.08.